The van der Waals surface area contributed by atoms with E-state index < -0.39 is 5.38 Å². The maximum absolute atomic E-state index is 13.4. The first kappa shape index (κ1) is 15.4. The van der Waals surface area contributed by atoms with Crippen LogP contribution >= 0.6 is 57.4 Å². The molecular weight excluding hydrogens is 420 g/mol. The van der Waals surface area contributed by atoms with Crippen LogP contribution < -0.4 is 0 Å². The number of benzene rings is 2. The molecule has 1 atom stereocenters. The van der Waals surface area contributed by atoms with Gasteiger partial charge in [-0.1, -0.05) is 29.3 Å². The summed E-state index contributed by atoms with van der Waals surface area (Å²) >= 11 is 20.7. The van der Waals surface area contributed by atoms with E-state index in [0.29, 0.717) is 21.2 Å². The molecule has 0 nitrogen and oxygen atoms in total. The van der Waals surface area contributed by atoms with E-state index in [9.17, 15) is 4.39 Å². The standard InChI is InChI=1S/C14H9Cl3FI/c1-7-4-9(10(15)6-12(7)18)14(17)8-2-3-13(19)11(16)5-8/h2-6,14H,1H3. The van der Waals surface area contributed by atoms with Crippen molar-refractivity contribution in [1.82, 2.24) is 0 Å². The molecule has 0 amide bonds. The average Bonchev–Trinajstić information content (AvgIpc) is 2.36. The van der Waals surface area contributed by atoms with Crippen molar-refractivity contribution in [1.29, 1.82) is 0 Å². The smallest absolute Gasteiger partial charge is 0.127 e. The van der Waals surface area contributed by atoms with Gasteiger partial charge in [-0.25, -0.2) is 4.39 Å². The highest BCUT2D eigenvalue weighted by molar-refractivity contribution is 14.1. The molecule has 0 saturated heterocycles. The van der Waals surface area contributed by atoms with Crippen LogP contribution in [0.5, 0.6) is 0 Å². The Morgan fingerprint density at radius 1 is 1.11 bits per heavy atom. The molecule has 0 saturated carbocycles. The molecular formula is C14H9Cl3FI. The molecule has 2 aromatic rings. The topological polar surface area (TPSA) is 0 Å². The fourth-order valence-corrected chi connectivity index (χ4v) is 2.88. The van der Waals surface area contributed by atoms with Crippen LogP contribution in [0.2, 0.25) is 10.0 Å². The summed E-state index contributed by atoms with van der Waals surface area (Å²) in [5, 5.41) is 0.498. The van der Waals surface area contributed by atoms with Crippen molar-refractivity contribution in [2.24, 2.45) is 0 Å². The van der Waals surface area contributed by atoms with E-state index in [1.807, 2.05) is 12.1 Å². The number of rotatable bonds is 2. The van der Waals surface area contributed by atoms with Gasteiger partial charge >= 0.3 is 0 Å². The van der Waals surface area contributed by atoms with Crippen LogP contribution in [0.4, 0.5) is 4.39 Å². The maximum atomic E-state index is 13.4. The lowest BCUT2D eigenvalue weighted by Crippen LogP contribution is -1.97. The molecule has 0 heterocycles. The molecule has 1 unspecified atom stereocenters. The van der Waals surface area contributed by atoms with Crippen molar-refractivity contribution in [3.63, 3.8) is 0 Å². The van der Waals surface area contributed by atoms with Gasteiger partial charge in [0.1, 0.15) is 5.82 Å². The first-order valence-electron chi connectivity index (χ1n) is 5.44. The molecule has 100 valence electrons. The fraction of sp³-hybridized carbons (Fsp3) is 0.143. The van der Waals surface area contributed by atoms with Crippen molar-refractivity contribution in [3.8, 4) is 0 Å². The zero-order valence-corrected chi connectivity index (χ0v) is 14.3. The second-order valence-corrected chi connectivity index (χ2v) is 6.57. The van der Waals surface area contributed by atoms with Crippen molar-refractivity contribution < 1.29 is 4.39 Å². The summed E-state index contributed by atoms with van der Waals surface area (Å²) in [7, 11) is 0. The second-order valence-electron chi connectivity index (χ2n) is 4.16. The minimum absolute atomic E-state index is 0.317. The highest BCUT2D eigenvalue weighted by atomic mass is 127. The molecule has 2 rings (SSSR count). The van der Waals surface area contributed by atoms with E-state index >= 15 is 0 Å². The zero-order valence-electron chi connectivity index (χ0n) is 9.85. The Labute approximate surface area is 140 Å². The fourth-order valence-electron chi connectivity index (χ4n) is 1.72. The van der Waals surface area contributed by atoms with E-state index in [2.05, 4.69) is 22.6 Å². The Kier molecular flexibility index (Phi) is 4.99. The number of halogens is 5. The zero-order chi connectivity index (χ0) is 14.2. The molecule has 19 heavy (non-hydrogen) atoms. The lowest BCUT2D eigenvalue weighted by molar-refractivity contribution is 0.618. The lowest BCUT2D eigenvalue weighted by atomic mass is 10.0. The van der Waals surface area contributed by atoms with Crippen LogP contribution in [0.3, 0.4) is 0 Å². The quantitative estimate of drug-likeness (QED) is 0.384. The van der Waals surface area contributed by atoms with Crippen molar-refractivity contribution in [2.75, 3.05) is 0 Å². The van der Waals surface area contributed by atoms with Crippen molar-refractivity contribution in [2.45, 2.75) is 12.3 Å². The third-order valence-corrected chi connectivity index (χ3v) is 5.17. The van der Waals surface area contributed by atoms with Crippen molar-refractivity contribution >= 4 is 57.4 Å². The van der Waals surface area contributed by atoms with Crippen LogP contribution in [0.15, 0.2) is 30.3 Å². The lowest BCUT2D eigenvalue weighted by Gasteiger charge is -2.14. The molecule has 0 bridgehead atoms. The number of alkyl halides is 1. The maximum Gasteiger partial charge on any atom is 0.127 e. The van der Waals surface area contributed by atoms with Gasteiger partial charge in [-0.2, -0.15) is 0 Å². The van der Waals surface area contributed by atoms with Gasteiger partial charge in [0.2, 0.25) is 0 Å². The molecule has 0 aliphatic carbocycles. The highest BCUT2D eigenvalue weighted by Crippen LogP contribution is 2.36. The van der Waals surface area contributed by atoms with Crippen molar-refractivity contribution in [3.05, 3.63) is 66.5 Å². The SMILES string of the molecule is Cc1cc(C(Cl)c2ccc(I)c(Cl)c2)c(Cl)cc1F. The number of hydrogen-bond donors (Lipinski definition) is 0. The third kappa shape index (κ3) is 3.35. The van der Waals surface area contributed by atoms with Gasteiger partial charge in [-0.05, 0) is 70.5 Å². The number of hydrogen-bond acceptors (Lipinski definition) is 0. The molecule has 2 aromatic carbocycles. The summed E-state index contributed by atoms with van der Waals surface area (Å²) in [6.45, 7) is 1.68. The van der Waals surface area contributed by atoms with Gasteiger partial charge in [-0.3, -0.25) is 0 Å². The Balaban J connectivity index is 2.46. The Morgan fingerprint density at radius 2 is 1.79 bits per heavy atom. The molecule has 0 radical (unpaired) electrons. The van der Waals surface area contributed by atoms with Gasteiger partial charge in [0, 0.05) is 8.59 Å². The summed E-state index contributed by atoms with van der Waals surface area (Å²) in [4.78, 5) is 0. The van der Waals surface area contributed by atoms with Crippen LogP contribution in [0.25, 0.3) is 0 Å². The van der Waals surface area contributed by atoms with E-state index in [4.69, 9.17) is 34.8 Å². The van der Waals surface area contributed by atoms with Gasteiger partial charge < -0.3 is 0 Å². The van der Waals surface area contributed by atoms with Crippen LogP contribution in [-0.2, 0) is 0 Å². The molecule has 0 aliphatic heterocycles. The third-order valence-electron chi connectivity index (χ3n) is 2.79. The summed E-state index contributed by atoms with van der Waals surface area (Å²) in [5.41, 5.74) is 2.03. The Hall–Kier alpha value is -0.0300. The predicted molar refractivity (Wildman–Crippen MR) is 88.0 cm³/mol. The summed E-state index contributed by atoms with van der Waals surface area (Å²) in [5.74, 6) is -0.335. The first-order chi connectivity index (χ1) is 8.90. The van der Waals surface area contributed by atoms with E-state index in [0.717, 1.165) is 9.13 Å². The van der Waals surface area contributed by atoms with E-state index in [1.165, 1.54) is 6.07 Å². The first-order valence-corrected chi connectivity index (χ1v) is 7.72. The minimum Gasteiger partial charge on any atom is -0.207 e. The number of aryl methyl sites for hydroxylation is 1. The van der Waals surface area contributed by atoms with E-state index in [-0.39, 0.29) is 5.82 Å². The highest BCUT2D eigenvalue weighted by Gasteiger charge is 2.17. The average molecular weight is 429 g/mol. The molecule has 0 aliphatic rings. The van der Waals surface area contributed by atoms with Crippen LogP contribution in [0.1, 0.15) is 22.1 Å². The molecule has 0 fully saturated rings. The normalized spacial score (nSPS) is 12.5. The van der Waals surface area contributed by atoms with Crippen LogP contribution in [-0.4, -0.2) is 0 Å². The monoisotopic (exact) mass is 428 g/mol. The molecule has 5 heteroatoms. The largest absolute Gasteiger partial charge is 0.207 e. The van der Waals surface area contributed by atoms with Gasteiger partial charge in [0.05, 0.1) is 10.4 Å². The minimum atomic E-state index is -0.457. The molecule has 0 N–H and O–H groups in total. The van der Waals surface area contributed by atoms with Gasteiger partial charge in [0.25, 0.3) is 0 Å². The summed E-state index contributed by atoms with van der Waals surface area (Å²) in [6, 6.07) is 8.53. The second kappa shape index (κ2) is 6.17. The summed E-state index contributed by atoms with van der Waals surface area (Å²) < 4.78 is 14.3. The van der Waals surface area contributed by atoms with Crippen LogP contribution in [0, 0.1) is 16.3 Å². The predicted octanol–water partition coefficient (Wildman–Crippen LogP) is 6.37. The Morgan fingerprint density at radius 3 is 2.42 bits per heavy atom. The molecule has 0 spiro atoms. The van der Waals surface area contributed by atoms with Gasteiger partial charge in [-0.15, -0.1) is 11.6 Å². The summed E-state index contributed by atoms with van der Waals surface area (Å²) in [6.07, 6.45) is 0. The van der Waals surface area contributed by atoms with E-state index in [1.54, 1.807) is 19.1 Å². The Bertz CT molecular complexity index is 628. The van der Waals surface area contributed by atoms with Gasteiger partial charge in [0.15, 0.2) is 0 Å². The molecule has 0 aromatic heterocycles.